The van der Waals surface area contributed by atoms with Crippen LogP contribution in [0.5, 0.6) is 0 Å². The Labute approximate surface area is 132 Å². The molecular weight excluding hydrogens is 331 g/mol. The Bertz CT molecular complexity index is 726. The SMILES string of the molecule is CNC[C@H]1CCCN1S(=O)(=O)c1ccc(C#N)c(C(F)(F)F)c1. The Hall–Kier alpha value is -1.63. The average Bonchev–Trinajstić information content (AvgIpc) is 2.95. The van der Waals surface area contributed by atoms with Crippen molar-refractivity contribution in [2.45, 2.75) is 30.0 Å². The van der Waals surface area contributed by atoms with Crippen LogP contribution in [0, 0.1) is 11.3 Å². The van der Waals surface area contributed by atoms with Gasteiger partial charge < -0.3 is 5.32 Å². The summed E-state index contributed by atoms with van der Waals surface area (Å²) in [5, 5.41) is 11.7. The predicted molar refractivity (Wildman–Crippen MR) is 77.0 cm³/mol. The molecule has 1 fully saturated rings. The first-order valence-electron chi connectivity index (χ1n) is 6.99. The van der Waals surface area contributed by atoms with Crippen molar-refractivity contribution in [1.82, 2.24) is 9.62 Å². The molecule has 0 unspecified atom stereocenters. The molecule has 23 heavy (non-hydrogen) atoms. The molecule has 1 N–H and O–H groups in total. The molecule has 9 heteroatoms. The third-order valence-corrected chi connectivity index (χ3v) is 5.73. The third kappa shape index (κ3) is 3.49. The van der Waals surface area contributed by atoms with E-state index in [1.54, 1.807) is 7.05 Å². The van der Waals surface area contributed by atoms with Crippen LogP contribution in [0.3, 0.4) is 0 Å². The minimum absolute atomic E-state index is 0.274. The molecule has 0 aliphatic carbocycles. The zero-order chi connectivity index (χ0) is 17.3. The van der Waals surface area contributed by atoms with E-state index in [1.807, 2.05) is 0 Å². The number of likely N-dealkylation sites (N-methyl/N-ethyl adjacent to an activating group) is 1. The number of nitriles is 1. The molecule has 0 bridgehead atoms. The van der Waals surface area contributed by atoms with E-state index in [9.17, 15) is 21.6 Å². The number of hydrogen-bond donors (Lipinski definition) is 1. The van der Waals surface area contributed by atoms with Crippen molar-refractivity contribution in [3.63, 3.8) is 0 Å². The van der Waals surface area contributed by atoms with E-state index in [0.717, 1.165) is 12.1 Å². The molecule has 5 nitrogen and oxygen atoms in total. The van der Waals surface area contributed by atoms with Gasteiger partial charge in [0, 0.05) is 19.1 Å². The molecule has 1 aromatic rings. The van der Waals surface area contributed by atoms with Gasteiger partial charge in [-0.3, -0.25) is 0 Å². The molecule has 1 heterocycles. The van der Waals surface area contributed by atoms with Gasteiger partial charge in [-0.15, -0.1) is 0 Å². The van der Waals surface area contributed by atoms with Crippen LogP contribution in [-0.2, 0) is 16.2 Å². The van der Waals surface area contributed by atoms with Gasteiger partial charge >= 0.3 is 6.18 Å². The molecule has 2 rings (SSSR count). The fraction of sp³-hybridized carbons (Fsp3) is 0.500. The van der Waals surface area contributed by atoms with Crippen LogP contribution in [0.2, 0.25) is 0 Å². The van der Waals surface area contributed by atoms with Gasteiger partial charge in [-0.2, -0.15) is 22.7 Å². The number of sulfonamides is 1. The van der Waals surface area contributed by atoms with E-state index in [4.69, 9.17) is 5.26 Å². The molecule has 0 radical (unpaired) electrons. The van der Waals surface area contributed by atoms with E-state index < -0.39 is 32.2 Å². The zero-order valence-corrected chi connectivity index (χ0v) is 13.2. The monoisotopic (exact) mass is 347 g/mol. The van der Waals surface area contributed by atoms with Crippen LogP contribution >= 0.6 is 0 Å². The Balaban J connectivity index is 2.47. The number of nitrogens with one attached hydrogen (secondary N) is 1. The smallest absolute Gasteiger partial charge is 0.318 e. The van der Waals surface area contributed by atoms with E-state index in [-0.39, 0.29) is 12.6 Å². The molecule has 1 aromatic carbocycles. The maximum atomic E-state index is 13.0. The molecule has 1 aliphatic rings. The van der Waals surface area contributed by atoms with Crippen LogP contribution in [0.1, 0.15) is 24.0 Å². The summed E-state index contributed by atoms with van der Waals surface area (Å²) in [6, 6.07) is 3.66. The Morgan fingerprint density at radius 2 is 2.13 bits per heavy atom. The second-order valence-electron chi connectivity index (χ2n) is 5.29. The lowest BCUT2D eigenvalue weighted by molar-refractivity contribution is -0.137. The Morgan fingerprint density at radius 3 is 2.70 bits per heavy atom. The van der Waals surface area contributed by atoms with E-state index in [1.165, 1.54) is 10.4 Å². The van der Waals surface area contributed by atoms with E-state index in [2.05, 4.69) is 5.32 Å². The van der Waals surface area contributed by atoms with Crippen LogP contribution in [0.4, 0.5) is 13.2 Å². The second kappa shape index (κ2) is 6.47. The zero-order valence-electron chi connectivity index (χ0n) is 12.4. The number of hydrogen-bond acceptors (Lipinski definition) is 4. The lowest BCUT2D eigenvalue weighted by atomic mass is 10.1. The van der Waals surface area contributed by atoms with Gasteiger partial charge in [0.2, 0.25) is 10.0 Å². The quantitative estimate of drug-likeness (QED) is 0.904. The molecule has 1 atom stereocenters. The summed E-state index contributed by atoms with van der Waals surface area (Å²) in [4.78, 5) is -0.438. The highest BCUT2D eigenvalue weighted by atomic mass is 32.2. The van der Waals surface area contributed by atoms with Crippen LogP contribution in [0.15, 0.2) is 23.1 Å². The maximum absolute atomic E-state index is 13.0. The first-order valence-corrected chi connectivity index (χ1v) is 8.43. The maximum Gasteiger partial charge on any atom is 0.417 e. The number of alkyl halides is 3. The highest BCUT2D eigenvalue weighted by molar-refractivity contribution is 7.89. The standard InChI is InChI=1S/C14H16F3N3O2S/c1-19-9-11-3-2-6-20(11)23(21,22)12-5-4-10(8-18)13(7-12)14(15,16)17/h4-5,7,11,19H,2-3,6,9H2,1H3/t11-/m1/s1. The molecule has 126 valence electrons. The topological polar surface area (TPSA) is 73.2 Å². The van der Waals surface area contributed by atoms with E-state index >= 15 is 0 Å². The number of rotatable bonds is 4. The summed E-state index contributed by atoms with van der Waals surface area (Å²) in [6.45, 7) is 0.706. The fourth-order valence-corrected chi connectivity index (χ4v) is 4.44. The lowest BCUT2D eigenvalue weighted by Crippen LogP contribution is -2.40. The van der Waals surface area contributed by atoms with Gasteiger partial charge in [0.1, 0.15) is 0 Å². The minimum atomic E-state index is -4.79. The van der Waals surface area contributed by atoms with Gasteiger partial charge in [-0.25, -0.2) is 8.42 Å². The lowest BCUT2D eigenvalue weighted by Gasteiger charge is -2.24. The average molecular weight is 347 g/mol. The summed E-state index contributed by atoms with van der Waals surface area (Å²) in [5.74, 6) is 0. The predicted octanol–water partition coefficient (Wildman–Crippen LogP) is 1.95. The van der Waals surface area contributed by atoms with Crippen molar-refractivity contribution in [3.8, 4) is 6.07 Å². The van der Waals surface area contributed by atoms with Gasteiger partial charge in [-0.1, -0.05) is 0 Å². The summed E-state index contributed by atoms with van der Waals surface area (Å²) >= 11 is 0. The molecule has 0 spiro atoms. The van der Waals surface area contributed by atoms with Crippen LogP contribution in [-0.4, -0.2) is 38.9 Å². The van der Waals surface area contributed by atoms with Crippen molar-refractivity contribution in [1.29, 1.82) is 5.26 Å². The Kier molecular flexibility index (Phi) is 4.98. The second-order valence-corrected chi connectivity index (χ2v) is 7.18. The van der Waals surface area contributed by atoms with Crippen molar-refractivity contribution in [2.75, 3.05) is 20.1 Å². The van der Waals surface area contributed by atoms with Gasteiger partial charge in [0.25, 0.3) is 0 Å². The molecule has 0 saturated carbocycles. The number of benzene rings is 1. The fourth-order valence-electron chi connectivity index (χ4n) is 2.72. The highest BCUT2D eigenvalue weighted by Crippen LogP contribution is 2.34. The molecule has 0 amide bonds. The minimum Gasteiger partial charge on any atom is -0.318 e. The summed E-state index contributed by atoms with van der Waals surface area (Å²) < 4.78 is 65.5. The number of nitrogens with zero attached hydrogens (tertiary/aromatic N) is 2. The first-order chi connectivity index (χ1) is 10.7. The summed E-state index contributed by atoms with van der Waals surface area (Å²) in [7, 11) is -2.35. The van der Waals surface area contributed by atoms with Gasteiger partial charge in [0.05, 0.1) is 22.1 Å². The third-order valence-electron chi connectivity index (χ3n) is 3.79. The van der Waals surface area contributed by atoms with Gasteiger partial charge in [0.15, 0.2) is 0 Å². The van der Waals surface area contributed by atoms with Gasteiger partial charge in [-0.05, 0) is 38.1 Å². The van der Waals surface area contributed by atoms with Crippen molar-refractivity contribution >= 4 is 10.0 Å². The number of halogens is 3. The summed E-state index contributed by atoms with van der Waals surface area (Å²) in [6.07, 6.45) is -3.47. The largest absolute Gasteiger partial charge is 0.417 e. The van der Waals surface area contributed by atoms with Crippen molar-refractivity contribution in [2.24, 2.45) is 0 Å². The molecule has 1 aliphatic heterocycles. The molecule has 0 aromatic heterocycles. The van der Waals surface area contributed by atoms with Crippen molar-refractivity contribution in [3.05, 3.63) is 29.3 Å². The van der Waals surface area contributed by atoms with Crippen LogP contribution in [0.25, 0.3) is 0 Å². The van der Waals surface area contributed by atoms with E-state index in [0.29, 0.717) is 25.5 Å². The first kappa shape index (κ1) is 17.7. The Morgan fingerprint density at radius 1 is 1.43 bits per heavy atom. The molecular formula is C14H16F3N3O2S. The molecule has 1 saturated heterocycles. The van der Waals surface area contributed by atoms with Crippen LogP contribution < -0.4 is 5.32 Å². The normalized spacial score (nSPS) is 19.7. The summed E-state index contributed by atoms with van der Waals surface area (Å²) in [5.41, 5.74) is -1.82. The highest BCUT2D eigenvalue weighted by Gasteiger charge is 2.38. The van der Waals surface area contributed by atoms with Crippen molar-refractivity contribution < 1.29 is 21.6 Å².